The highest BCUT2D eigenvalue weighted by molar-refractivity contribution is 5.96. The molecule has 0 aliphatic rings. The molecule has 3 aromatic rings. The van der Waals surface area contributed by atoms with Crippen molar-refractivity contribution in [2.75, 3.05) is 0 Å². The molecule has 0 radical (unpaired) electrons. The van der Waals surface area contributed by atoms with Gasteiger partial charge in [-0.05, 0) is 24.6 Å². The second kappa shape index (κ2) is 5.38. The number of carbonyl (C=O) groups excluding carboxylic acids is 1. The van der Waals surface area contributed by atoms with E-state index in [1.165, 1.54) is 17.3 Å². The molecule has 0 saturated heterocycles. The van der Waals surface area contributed by atoms with Gasteiger partial charge in [0.1, 0.15) is 0 Å². The van der Waals surface area contributed by atoms with Gasteiger partial charge in [0.05, 0.1) is 16.6 Å². The number of hydrogen-bond acceptors (Lipinski definition) is 3. The van der Waals surface area contributed by atoms with Crippen LogP contribution in [0.2, 0.25) is 0 Å². The minimum Gasteiger partial charge on any atom is -0.342 e. The largest absolute Gasteiger partial charge is 0.342 e. The number of carbonyl (C=O) groups is 1. The van der Waals surface area contributed by atoms with Crippen molar-refractivity contribution < 1.29 is 10.0 Å². The number of nitrogens with one attached hydrogen (secondary N) is 1. The lowest BCUT2D eigenvalue weighted by atomic mass is 10.1. The van der Waals surface area contributed by atoms with Crippen LogP contribution in [0.15, 0.2) is 48.8 Å². The maximum absolute atomic E-state index is 11.5. The summed E-state index contributed by atoms with van der Waals surface area (Å²) in [6.07, 6.45) is 3.39. The second-order valence-electron chi connectivity index (χ2n) is 5.00. The van der Waals surface area contributed by atoms with Crippen molar-refractivity contribution in [2.45, 2.75) is 13.5 Å². The molecule has 0 bridgehead atoms. The SMILES string of the molecule is Cc1ccc(Cn2ccc3ncc(C(=O)NO)cc32)cc1. The number of aromatic nitrogens is 2. The van der Waals surface area contributed by atoms with Crippen LogP contribution in [0.1, 0.15) is 21.5 Å². The molecule has 2 aromatic heterocycles. The molecular formula is C16H15N3O2. The minimum atomic E-state index is -0.563. The van der Waals surface area contributed by atoms with Crippen molar-refractivity contribution >= 4 is 16.9 Å². The van der Waals surface area contributed by atoms with Crippen molar-refractivity contribution in [2.24, 2.45) is 0 Å². The first-order valence-electron chi connectivity index (χ1n) is 6.62. The van der Waals surface area contributed by atoms with Gasteiger partial charge in [-0.25, -0.2) is 5.48 Å². The molecule has 1 aromatic carbocycles. The highest BCUT2D eigenvalue weighted by atomic mass is 16.5. The minimum absolute atomic E-state index is 0.328. The summed E-state index contributed by atoms with van der Waals surface area (Å²) in [6.45, 7) is 2.76. The van der Waals surface area contributed by atoms with Crippen LogP contribution in [-0.2, 0) is 6.54 Å². The van der Waals surface area contributed by atoms with Gasteiger partial charge in [-0.3, -0.25) is 15.0 Å². The van der Waals surface area contributed by atoms with Crippen LogP contribution in [0.3, 0.4) is 0 Å². The number of fused-ring (bicyclic) bond motifs is 1. The fraction of sp³-hybridized carbons (Fsp3) is 0.125. The fourth-order valence-corrected chi connectivity index (χ4v) is 2.28. The molecule has 21 heavy (non-hydrogen) atoms. The first kappa shape index (κ1) is 13.3. The molecule has 0 atom stereocenters. The van der Waals surface area contributed by atoms with Crippen LogP contribution < -0.4 is 5.48 Å². The fourth-order valence-electron chi connectivity index (χ4n) is 2.28. The molecule has 0 aliphatic carbocycles. The molecule has 2 heterocycles. The highest BCUT2D eigenvalue weighted by Crippen LogP contribution is 2.17. The Hall–Kier alpha value is -2.66. The zero-order chi connectivity index (χ0) is 14.8. The Labute approximate surface area is 121 Å². The van der Waals surface area contributed by atoms with E-state index in [-0.39, 0.29) is 0 Å². The third-order valence-corrected chi connectivity index (χ3v) is 3.46. The van der Waals surface area contributed by atoms with E-state index in [4.69, 9.17) is 5.21 Å². The zero-order valence-electron chi connectivity index (χ0n) is 11.6. The molecule has 3 rings (SSSR count). The number of benzene rings is 1. The Kier molecular flexibility index (Phi) is 3.41. The van der Waals surface area contributed by atoms with E-state index in [2.05, 4.69) is 36.2 Å². The van der Waals surface area contributed by atoms with Crippen molar-refractivity contribution in [3.63, 3.8) is 0 Å². The van der Waals surface area contributed by atoms with Gasteiger partial charge in [-0.1, -0.05) is 29.8 Å². The number of pyridine rings is 1. The summed E-state index contributed by atoms with van der Waals surface area (Å²) in [7, 11) is 0. The normalized spacial score (nSPS) is 10.8. The molecule has 2 N–H and O–H groups in total. The van der Waals surface area contributed by atoms with Crippen molar-refractivity contribution in [1.82, 2.24) is 15.0 Å². The number of amides is 1. The predicted molar refractivity (Wildman–Crippen MR) is 79.3 cm³/mol. The van der Waals surface area contributed by atoms with Gasteiger partial charge in [0.2, 0.25) is 0 Å². The van der Waals surface area contributed by atoms with E-state index in [9.17, 15) is 4.79 Å². The maximum Gasteiger partial charge on any atom is 0.276 e. The number of nitrogens with zero attached hydrogens (tertiary/aromatic N) is 2. The maximum atomic E-state index is 11.5. The summed E-state index contributed by atoms with van der Waals surface area (Å²) in [5, 5.41) is 8.71. The standard InChI is InChI=1S/C16H15N3O2/c1-11-2-4-12(5-3-11)10-19-7-6-14-15(19)8-13(9-17-14)16(20)18-21/h2-9,21H,10H2,1H3,(H,18,20). The summed E-state index contributed by atoms with van der Waals surface area (Å²) in [4.78, 5) is 15.7. The van der Waals surface area contributed by atoms with E-state index in [0.717, 1.165) is 11.0 Å². The van der Waals surface area contributed by atoms with Crippen molar-refractivity contribution in [1.29, 1.82) is 0 Å². The summed E-state index contributed by atoms with van der Waals surface area (Å²) < 4.78 is 2.03. The van der Waals surface area contributed by atoms with E-state index >= 15 is 0 Å². The van der Waals surface area contributed by atoms with Gasteiger partial charge in [-0.15, -0.1) is 0 Å². The Morgan fingerprint density at radius 2 is 2.05 bits per heavy atom. The molecule has 106 valence electrons. The van der Waals surface area contributed by atoms with Gasteiger partial charge in [-0.2, -0.15) is 0 Å². The molecular weight excluding hydrogens is 266 g/mol. The lowest BCUT2D eigenvalue weighted by Crippen LogP contribution is -2.18. The van der Waals surface area contributed by atoms with E-state index in [1.54, 1.807) is 11.5 Å². The average Bonchev–Trinajstić information content (AvgIpc) is 2.91. The van der Waals surface area contributed by atoms with Crippen LogP contribution in [0.5, 0.6) is 0 Å². The molecule has 0 aliphatic heterocycles. The number of hydrogen-bond donors (Lipinski definition) is 2. The third-order valence-electron chi connectivity index (χ3n) is 3.46. The molecule has 1 amide bonds. The van der Waals surface area contributed by atoms with Crippen LogP contribution in [0.4, 0.5) is 0 Å². The Morgan fingerprint density at radius 1 is 1.29 bits per heavy atom. The quantitative estimate of drug-likeness (QED) is 0.572. The second-order valence-corrected chi connectivity index (χ2v) is 5.00. The van der Waals surface area contributed by atoms with Gasteiger partial charge < -0.3 is 4.57 Å². The highest BCUT2D eigenvalue weighted by Gasteiger charge is 2.09. The van der Waals surface area contributed by atoms with Gasteiger partial charge >= 0.3 is 0 Å². The molecule has 0 saturated carbocycles. The summed E-state index contributed by atoms with van der Waals surface area (Å²) in [5.74, 6) is -0.563. The smallest absolute Gasteiger partial charge is 0.276 e. The van der Waals surface area contributed by atoms with E-state index < -0.39 is 5.91 Å². The van der Waals surface area contributed by atoms with Crippen LogP contribution in [-0.4, -0.2) is 20.7 Å². The molecule has 0 spiro atoms. The van der Waals surface area contributed by atoms with Crippen molar-refractivity contribution in [3.8, 4) is 0 Å². The molecule has 5 nitrogen and oxygen atoms in total. The number of hydroxylamine groups is 1. The zero-order valence-corrected chi connectivity index (χ0v) is 11.6. The Bertz CT molecular complexity index is 791. The summed E-state index contributed by atoms with van der Waals surface area (Å²) in [5.41, 5.74) is 6.03. The van der Waals surface area contributed by atoms with Crippen LogP contribution >= 0.6 is 0 Å². The lowest BCUT2D eigenvalue weighted by Gasteiger charge is -2.07. The topological polar surface area (TPSA) is 67.2 Å². The van der Waals surface area contributed by atoms with Crippen LogP contribution in [0.25, 0.3) is 11.0 Å². The van der Waals surface area contributed by atoms with E-state index in [0.29, 0.717) is 12.1 Å². The first-order chi connectivity index (χ1) is 10.2. The van der Waals surface area contributed by atoms with Gasteiger partial charge in [0.15, 0.2) is 0 Å². The monoisotopic (exact) mass is 281 g/mol. The van der Waals surface area contributed by atoms with Gasteiger partial charge in [0.25, 0.3) is 5.91 Å². The molecule has 5 heteroatoms. The van der Waals surface area contributed by atoms with Gasteiger partial charge in [0, 0.05) is 18.9 Å². The Morgan fingerprint density at radius 3 is 2.76 bits per heavy atom. The number of aryl methyl sites for hydroxylation is 1. The third kappa shape index (κ3) is 2.64. The molecule has 0 fully saturated rings. The lowest BCUT2D eigenvalue weighted by molar-refractivity contribution is 0.0706. The molecule has 0 unspecified atom stereocenters. The van der Waals surface area contributed by atoms with Crippen molar-refractivity contribution in [3.05, 3.63) is 65.5 Å². The Balaban J connectivity index is 1.98. The summed E-state index contributed by atoms with van der Waals surface area (Å²) in [6, 6.07) is 11.9. The summed E-state index contributed by atoms with van der Waals surface area (Å²) >= 11 is 0. The van der Waals surface area contributed by atoms with E-state index in [1.807, 2.05) is 16.8 Å². The van der Waals surface area contributed by atoms with Crippen LogP contribution in [0, 0.1) is 6.92 Å². The first-order valence-corrected chi connectivity index (χ1v) is 6.62. The average molecular weight is 281 g/mol. The number of rotatable bonds is 3. The predicted octanol–water partition coefficient (Wildman–Crippen LogP) is 2.51.